The average Bonchev–Trinajstić information content (AvgIpc) is 3.41. The number of fused-ring (bicyclic) bond motifs is 1. The van der Waals surface area contributed by atoms with Gasteiger partial charge >= 0.3 is 0 Å². The first-order valence-electron chi connectivity index (χ1n) is 9.88. The van der Waals surface area contributed by atoms with Crippen LogP contribution in [0.4, 0.5) is 0 Å². The summed E-state index contributed by atoms with van der Waals surface area (Å²) in [5, 5.41) is 3.36. The standard InChI is InChI=1S/C24H23N3S/c1-17-7-4-8-18-15-19(24(26-23(17)18)22-11-6-14-28-22)16-27-13-5-10-21(27)20-9-2-3-12-25-20/h2-4,6-9,11-12,14-15,21H,5,10,13,16H2,1H3/t21-/m1/s1. The number of benzene rings is 1. The number of likely N-dealkylation sites (tertiary alicyclic amines) is 1. The lowest BCUT2D eigenvalue weighted by Crippen LogP contribution is -2.24. The molecular weight excluding hydrogens is 362 g/mol. The Bertz CT molecular complexity index is 1090. The van der Waals surface area contributed by atoms with Crippen molar-refractivity contribution in [2.45, 2.75) is 32.4 Å². The van der Waals surface area contributed by atoms with Gasteiger partial charge in [0.05, 0.1) is 27.8 Å². The third-order valence-corrected chi connectivity index (χ3v) is 6.52. The molecule has 0 bridgehead atoms. The molecular formula is C24H23N3S. The predicted molar refractivity (Wildman–Crippen MR) is 116 cm³/mol. The first-order chi connectivity index (χ1) is 13.8. The number of aryl methyl sites for hydroxylation is 1. The van der Waals surface area contributed by atoms with Crippen molar-refractivity contribution in [3.05, 3.63) is 83.0 Å². The molecule has 0 amide bonds. The molecule has 1 atom stereocenters. The van der Waals surface area contributed by atoms with Gasteiger partial charge < -0.3 is 0 Å². The number of thiophene rings is 1. The van der Waals surface area contributed by atoms with Crippen LogP contribution in [0.5, 0.6) is 0 Å². The van der Waals surface area contributed by atoms with Crippen molar-refractivity contribution in [2.75, 3.05) is 6.54 Å². The molecule has 4 heteroatoms. The Morgan fingerprint density at radius 3 is 2.89 bits per heavy atom. The molecule has 3 aromatic heterocycles. The van der Waals surface area contributed by atoms with E-state index < -0.39 is 0 Å². The van der Waals surface area contributed by atoms with Crippen molar-refractivity contribution in [3.63, 3.8) is 0 Å². The summed E-state index contributed by atoms with van der Waals surface area (Å²) in [6.07, 6.45) is 4.30. The normalized spacial score (nSPS) is 17.4. The molecule has 0 unspecified atom stereocenters. The molecule has 0 saturated carbocycles. The lowest BCUT2D eigenvalue weighted by Gasteiger charge is -2.25. The minimum Gasteiger partial charge on any atom is -0.290 e. The highest BCUT2D eigenvalue weighted by Gasteiger charge is 2.28. The Labute approximate surface area is 169 Å². The zero-order chi connectivity index (χ0) is 18.9. The van der Waals surface area contributed by atoms with E-state index in [9.17, 15) is 0 Å². The molecule has 5 rings (SSSR count). The van der Waals surface area contributed by atoms with Crippen LogP contribution in [0.15, 0.2) is 66.2 Å². The highest BCUT2D eigenvalue weighted by molar-refractivity contribution is 7.13. The Balaban J connectivity index is 1.57. The maximum Gasteiger partial charge on any atom is 0.0854 e. The minimum absolute atomic E-state index is 0.394. The van der Waals surface area contributed by atoms with E-state index in [-0.39, 0.29) is 0 Å². The van der Waals surface area contributed by atoms with Crippen molar-refractivity contribution in [2.24, 2.45) is 0 Å². The lowest BCUT2D eigenvalue weighted by atomic mass is 10.0. The third-order valence-electron chi connectivity index (χ3n) is 5.65. The zero-order valence-corrected chi connectivity index (χ0v) is 16.8. The fourth-order valence-corrected chi connectivity index (χ4v) is 5.03. The van der Waals surface area contributed by atoms with Crippen LogP contribution < -0.4 is 0 Å². The van der Waals surface area contributed by atoms with Crippen LogP contribution in [0.2, 0.25) is 0 Å². The van der Waals surface area contributed by atoms with Crippen LogP contribution in [0.1, 0.15) is 35.7 Å². The molecule has 0 N–H and O–H groups in total. The first kappa shape index (κ1) is 17.5. The molecule has 0 spiro atoms. The van der Waals surface area contributed by atoms with E-state index >= 15 is 0 Å². The zero-order valence-electron chi connectivity index (χ0n) is 16.0. The molecule has 1 saturated heterocycles. The number of rotatable bonds is 4. The Morgan fingerprint density at radius 1 is 1.11 bits per heavy atom. The van der Waals surface area contributed by atoms with Crippen molar-refractivity contribution in [3.8, 4) is 10.6 Å². The van der Waals surface area contributed by atoms with Crippen LogP contribution >= 0.6 is 11.3 Å². The fourth-order valence-electron chi connectivity index (χ4n) is 4.28. The summed E-state index contributed by atoms with van der Waals surface area (Å²) in [4.78, 5) is 13.6. The summed E-state index contributed by atoms with van der Waals surface area (Å²) in [7, 11) is 0. The maximum absolute atomic E-state index is 5.13. The summed E-state index contributed by atoms with van der Waals surface area (Å²) >= 11 is 1.77. The van der Waals surface area contributed by atoms with Gasteiger partial charge in [0.15, 0.2) is 0 Å². The second-order valence-electron chi connectivity index (χ2n) is 7.50. The van der Waals surface area contributed by atoms with Gasteiger partial charge in [-0.05, 0) is 67.1 Å². The van der Waals surface area contributed by atoms with E-state index in [1.54, 1.807) is 11.3 Å². The van der Waals surface area contributed by atoms with Gasteiger partial charge in [-0.1, -0.05) is 30.3 Å². The Kier molecular flexibility index (Phi) is 4.67. The molecule has 1 aromatic carbocycles. The molecule has 1 aliphatic rings. The second kappa shape index (κ2) is 7.46. The van der Waals surface area contributed by atoms with Gasteiger partial charge in [0.1, 0.15) is 0 Å². The number of pyridine rings is 2. The van der Waals surface area contributed by atoms with Gasteiger partial charge in [-0.2, -0.15) is 0 Å². The van der Waals surface area contributed by atoms with Crippen molar-refractivity contribution >= 4 is 22.2 Å². The Hall–Kier alpha value is -2.56. The first-order valence-corrected chi connectivity index (χ1v) is 10.8. The number of para-hydroxylation sites is 1. The third kappa shape index (κ3) is 3.23. The second-order valence-corrected chi connectivity index (χ2v) is 8.45. The summed E-state index contributed by atoms with van der Waals surface area (Å²) in [6.45, 7) is 4.16. The molecule has 1 fully saturated rings. The molecule has 1 aliphatic heterocycles. The summed E-state index contributed by atoms with van der Waals surface area (Å²) in [6, 6.07) is 19.7. The van der Waals surface area contributed by atoms with Gasteiger partial charge in [0.25, 0.3) is 0 Å². The van der Waals surface area contributed by atoms with E-state index in [0.717, 1.165) is 24.3 Å². The van der Waals surface area contributed by atoms with Crippen LogP contribution in [0.25, 0.3) is 21.5 Å². The van der Waals surface area contributed by atoms with Gasteiger partial charge in [0, 0.05) is 18.1 Å². The van der Waals surface area contributed by atoms with Crippen LogP contribution in [0.3, 0.4) is 0 Å². The molecule has 140 valence electrons. The highest BCUT2D eigenvalue weighted by atomic mass is 32.1. The smallest absolute Gasteiger partial charge is 0.0854 e. The molecule has 0 aliphatic carbocycles. The van der Waals surface area contributed by atoms with Gasteiger partial charge in [0.2, 0.25) is 0 Å². The van der Waals surface area contributed by atoms with Crippen LogP contribution in [-0.4, -0.2) is 21.4 Å². The number of hydrogen-bond acceptors (Lipinski definition) is 4. The fraction of sp³-hybridized carbons (Fsp3) is 0.250. The van der Waals surface area contributed by atoms with Crippen LogP contribution in [-0.2, 0) is 6.54 Å². The van der Waals surface area contributed by atoms with Crippen LogP contribution in [0, 0.1) is 6.92 Å². The van der Waals surface area contributed by atoms with E-state index in [4.69, 9.17) is 4.98 Å². The largest absolute Gasteiger partial charge is 0.290 e. The molecule has 4 heterocycles. The summed E-state index contributed by atoms with van der Waals surface area (Å²) < 4.78 is 0. The predicted octanol–water partition coefficient (Wildman–Crippen LogP) is 6.00. The van der Waals surface area contributed by atoms with Crippen molar-refractivity contribution in [1.29, 1.82) is 0 Å². The van der Waals surface area contributed by atoms with Gasteiger partial charge in [-0.15, -0.1) is 11.3 Å². The van der Waals surface area contributed by atoms with Gasteiger partial charge in [-0.3, -0.25) is 9.88 Å². The highest BCUT2D eigenvalue weighted by Crippen LogP contribution is 2.36. The molecule has 3 nitrogen and oxygen atoms in total. The molecule has 28 heavy (non-hydrogen) atoms. The maximum atomic E-state index is 5.13. The topological polar surface area (TPSA) is 29.0 Å². The summed E-state index contributed by atoms with van der Waals surface area (Å²) in [5.74, 6) is 0. The monoisotopic (exact) mass is 385 g/mol. The van der Waals surface area contributed by atoms with Crippen molar-refractivity contribution in [1.82, 2.24) is 14.9 Å². The minimum atomic E-state index is 0.394. The molecule has 4 aromatic rings. The molecule has 0 radical (unpaired) electrons. The quantitative estimate of drug-likeness (QED) is 0.431. The number of nitrogens with zero attached hydrogens (tertiary/aromatic N) is 3. The number of hydrogen-bond donors (Lipinski definition) is 0. The SMILES string of the molecule is Cc1cccc2cc(CN3CCC[C@@H]3c3ccccn3)c(-c3cccs3)nc12. The Morgan fingerprint density at radius 2 is 2.07 bits per heavy atom. The van der Waals surface area contributed by atoms with E-state index in [0.29, 0.717) is 6.04 Å². The lowest BCUT2D eigenvalue weighted by molar-refractivity contribution is 0.244. The average molecular weight is 386 g/mol. The summed E-state index contributed by atoms with van der Waals surface area (Å²) in [5.41, 5.74) is 5.96. The van der Waals surface area contributed by atoms with Gasteiger partial charge in [-0.25, -0.2) is 4.98 Å². The number of aromatic nitrogens is 2. The van der Waals surface area contributed by atoms with E-state index in [2.05, 4.69) is 70.7 Å². The van der Waals surface area contributed by atoms with Crippen molar-refractivity contribution < 1.29 is 0 Å². The van der Waals surface area contributed by atoms with E-state index in [1.807, 2.05) is 12.3 Å². The van der Waals surface area contributed by atoms with E-state index in [1.165, 1.54) is 39.9 Å².